The van der Waals surface area contributed by atoms with E-state index in [-0.39, 0.29) is 23.7 Å². The Morgan fingerprint density at radius 3 is 2.26 bits per heavy atom. The van der Waals surface area contributed by atoms with Crippen molar-refractivity contribution < 1.29 is 23.9 Å². The summed E-state index contributed by atoms with van der Waals surface area (Å²) in [6, 6.07) is 9.19. The lowest BCUT2D eigenvalue weighted by Gasteiger charge is -2.36. The molecule has 186 valence electrons. The predicted molar refractivity (Wildman–Crippen MR) is 132 cm³/mol. The number of benzene rings is 1. The zero-order chi connectivity index (χ0) is 25.7. The van der Waals surface area contributed by atoms with Crippen LogP contribution >= 0.6 is 0 Å². The van der Waals surface area contributed by atoms with Gasteiger partial charge in [-0.1, -0.05) is 55.8 Å². The Bertz CT molecular complexity index is 970. The smallest absolute Gasteiger partial charge is 0.408 e. The number of carbonyl (C=O) groups excluding carboxylic acids is 3. The number of amides is 1. The van der Waals surface area contributed by atoms with Crippen molar-refractivity contribution in [1.82, 2.24) is 10.6 Å². The van der Waals surface area contributed by atoms with Crippen molar-refractivity contribution in [3.63, 3.8) is 0 Å². The lowest BCUT2D eigenvalue weighted by molar-refractivity contribution is -0.148. The van der Waals surface area contributed by atoms with Crippen molar-refractivity contribution in [2.24, 2.45) is 5.92 Å². The summed E-state index contributed by atoms with van der Waals surface area (Å²) in [5, 5.41) is 5.98. The highest BCUT2D eigenvalue weighted by Gasteiger charge is 2.56. The van der Waals surface area contributed by atoms with E-state index in [9.17, 15) is 14.4 Å². The van der Waals surface area contributed by atoms with Gasteiger partial charge in [-0.25, -0.2) is 9.59 Å². The fourth-order valence-corrected chi connectivity index (χ4v) is 4.06. The molecule has 1 aromatic carbocycles. The first-order valence-electron chi connectivity index (χ1n) is 11.6. The molecule has 1 unspecified atom stereocenters. The number of Topliss-reactive ketones (excluding diaryl/α,β-unsaturated/α-hetero) is 1. The van der Waals surface area contributed by atoms with Gasteiger partial charge in [0.15, 0.2) is 11.3 Å². The Balaban J connectivity index is 2.63. The van der Waals surface area contributed by atoms with Gasteiger partial charge >= 0.3 is 12.1 Å². The van der Waals surface area contributed by atoms with Crippen LogP contribution in [0.1, 0.15) is 60.5 Å². The number of nitrogens with one attached hydrogen (secondary N) is 2. The van der Waals surface area contributed by atoms with Gasteiger partial charge in [0, 0.05) is 12.6 Å². The van der Waals surface area contributed by atoms with E-state index in [0.717, 1.165) is 11.1 Å². The van der Waals surface area contributed by atoms with Gasteiger partial charge in [0.1, 0.15) is 11.1 Å². The summed E-state index contributed by atoms with van der Waals surface area (Å²) in [7, 11) is 1.24. The molecule has 0 saturated heterocycles. The number of hydrogen-bond acceptors (Lipinski definition) is 6. The Morgan fingerprint density at radius 1 is 1.15 bits per heavy atom. The molecule has 1 aliphatic rings. The highest BCUT2D eigenvalue weighted by Crippen LogP contribution is 2.37. The number of alkyl carbamates (subject to hydrolysis) is 1. The second kappa shape index (κ2) is 10.5. The lowest BCUT2D eigenvalue weighted by atomic mass is 9.73. The molecule has 34 heavy (non-hydrogen) atoms. The Kier molecular flexibility index (Phi) is 8.35. The van der Waals surface area contributed by atoms with Crippen molar-refractivity contribution in [1.29, 1.82) is 0 Å². The molecule has 0 aliphatic carbocycles. The van der Waals surface area contributed by atoms with Gasteiger partial charge in [0.25, 0.3) is 0 Å². The molecule has 0 spiro atoms. The van der Waals surface area contributed by atoms with Gasteiger partial charge in [-0.3, -0.25) is 4.79 Å². The second-order valence-electron chi connectivity index (χ2n) is 10.3. The van der Waals surface area contributed by atoms with Crippen molar-refractivity contribution in [3.8, 4) is 0 Å². The molecule has 0 aromatic heterocycles. The maximum absolute atomic E-state index is 14.0. The molecule has 1 aliphatic heterocycles. The van der Waals surface area contributed by atoms with E-state index >= 15 is 0 Å². The van der Waals surface area contributed by atoms with Crippen molar-refractivity contribution in [3.05, 3.63) is 59.3 Å². The zero-order valence-electron chi connectivity index (χ0n) is 21.6. The second-order valence-corrected chi connectivity index (χ2v) is 10.3. The molecule has 2 N–H and O–H groups in total. The Morgan fingerprint density at radius 2 is 1.76 bits per heavy atom. The summed E-state index contributed by atoms with van der Waals surface area (Å²) in [6.45, 7) is 13.1. The summed E-state index contributed by atoms with van der Waals surface area (Å²) in [5.74, 6) is -1.08. The van der Waals surface area contributed by atoms with Crippen LogP contribution in [0, 0.1) is 5.92 Å². The maximum atomic E-state index is 14.0. The number of rotatable bonds is 8. The average Bonchev–Trinajstić information content (AvgIpc) is 3.08. The first-order valence-corrected chi connectivity index (χ1v) is 11.6. The van der Waals surface area contributed by atoms with E-state index in [4.69, 9.17) is 9.47 Å². The van der Waals surface area contributed by atoms with Gasteiger partial charge in [-0.15, -0.1) is 0 Å². The van der Waals surface area contributed by atoms with Crippen LogP contribution in [-0.2, 0) is 25.5 Å². The van der Waals surface area contributed by atoms with Crippen LogP contribution in [0.2, 0.25) is 0 Å². The molecule has 0 saturated carbocycles. The molecule has 1 amide bonds. The molecule has 1 heterocycles. The number of methoxy groups -OCH3 is 1. The topological polar surface area (TPSA) is 93.7 Å². The third kappa shape index (κ3) is 5.88. The van der Waals surface area contributed by atoms with Crippen LogP contribution < -0.4 is 10.6 Å². The third-order valence-electron chi connectivity index (χ3n) is 5.96. The summed E-state index contributed by atoms with van der Waals surface area (Å²) >= 11 is 0. The fourth-order valence-electron chi connectivity index (χ4n) is 4.06. The van der Waals surface area contributed by atoms with E-state index in [0.29, 0.717) is 6.42 Å². The zero-order valence-corrected chi connectivity index (χ0v) is 21.6. The number of ketones is 1. The number of allylic oxidation sites excluding steroid dienone is 1. The normalized spacial score (nSPS) is 19.6. The van der Waals surface area contributed by atoms with Crippen LogP contribution in [-0.4, -0.2) is 41.6 Å². The van der Waals surface area contributed by atoms with Gasteiger partial charge in [0.2, 0.25) is 0 Å². The molecule has 0 radical (unpaired) electrons. The molecule has 0 bridgehead atoms. The predicted octanol–water partition coefficient (Wildman–Crippen LogP) is 4.47. The number of ether oxygens (including phenoxy) is 2. The molecule has 0 fully saturated rings. The summed E-state index contributed by atoms with van der Waals surface area (Å²) < 4.78 is 10.6. The molecular weight excluding hydrogens is 432 g/mol. The quantitative estimate of drug-likeness (QED) is 0.430. The number of hydrogen-bond donors (Lipinski definition) is 2. The highest BCUT2D eigenvalue weighted by molar-refractivity contribution is 6.12. The maximum Gasteiger partial charge on any atom is 0.408 e. The van der Waals surface area contributed by atoms with Crippen LogP contribution in [0.5, 0.6) is 0 Å². The minimum absolute atomic E-state index is 0.0236. The minimum Gasteiger partial charge on any atom is -0.467 e. The molecule has 7 nitrogen and oxygen atoms in total. The standard InChI is InChI=1S/C27H38N2O5/c1-18(2)14-15-26(19(3)4)22(30)21(17-28-26)27(23(31)33-8,16-20-12-10-9-11-13-20)29-24(32)34-25(5,6)7/h9-14,17,19,28H,15-16H2,1-8H3,(H,29,32)/t26-,27?/m0/s1. The van der Waals surface area contributed by atoms with E-state index in [2.05, 4.69) is 10.6 Å². The summed E-state index contributed by atoms with van der Waals surface area (Å²) in [6.07, 6.45) is 3.21. The van der Waals surface area contributed by atoms with Crippen molar-refractivity contribution in [2.75, 3.05) is 7.11 Å². The Hall–Kier alpha value is -3.09. The molecule has 7 heteroatoms. The van der Waals surface area contributed by atoms with E-state index < -0.39 is 28.7 Å². The highest BCUT2D eigenvalue weighted by atomic mass is 16.6. The summed E-state index contributed by atoms with van der Waals surface area (Å²) in [5.41, 5.74) is -1.54. The Labute approximate surface area is 203 Å². The number of esters is 1. The van der Waals surface area contributed by atoms with E-state index in [1.807, 2.05) is 64.1 Å². The van der Waals surface area contributed by atoms with Gasteiger partial charge in [-0.2, -0.15) is 0 Å². The van der Waals surface area contributed by atoms with Gasteiger partial charge < -0.3 is 20.1 Å². The van der Waals surface area contributed by atoms with E-state index in [1.165, 1.54) is 7.11 Å². The SMILES string of the molecule is COC(=O)C(Cc1ccccc1)(NC(=O)OC(C)(C)C)C1=CN[C@@](CC=C(C)C)(C(C)C)C1=O. The molecule has 1 aromatic rings. The van der Waals surface area contributed by atoms with Crippen LogP contribution in [0.25, 0.3) is 0 Å². The largest absolute Gasteiger partial charge is 0.467 e. The fraction of sp³-hybridized carbons (Fsp3) is 0.519. The van der Waals surface area contributed by atoms with Crippen molar-refractivity contribution >= 4 is 17.8 Å². The monoisotopic (exact) mass is 470 g/mol. The van der Waals surface area contributed by atoms with Gasteiger partial charge in [0.05, 0.1) is 12.7 Å². The van der Waals surface area contributed by atoms with E-state index in [1.54, 1.807) is 27.0 Å². The van der Waals surface area contributed by atoms with Crippen molar-refractivity contribution in [2.45, 2.75) is 78.0 Å². The number of carbonyl (C=O) groups is 3. The third-order valence-corrected chi connectivity index (χ3v) is 5.96. The van der Waals surface area contributed by atoms with Crippen LogP contribution in [0.4, 0.5) is 4.79 Å². The first-order chi connectivity index (χ1) is 15.8. The first kappa shape index (κ1) is 27.2. The molecule has 2 atom stereocenters. The summed E-state index contributed by atoms with van der Waals surface area (Å²) in [4.78, 5) is 40.4. The molecular formula is C27H38N2O5. The molecule has 2 rings (SSSR count). The minimum atomic E-state index is -1.77. The van der Waals surface area contributed by atoms with Crippen LogP contribution in [0.3, 0.4) is 0 Å². The average molecular weight is 471 g/mol. The van der Waals surface area contributed by atoms with Gasteiger partial charge in [-0.05, 0) is 52.5 Å². The lowest BCUT2D eigenvalue weighted by Crippen LogP contribution is -2.61. The van der Waals surface area contributed by atoms with Crippen LogP contribution in [0.15, 0.2) is 53.8 Å².